The zero-order valence-electron chi connectivity index (χ0n) is 34.3. The van der Waals surface area contributed by atoms with Gasteiger partial charge in [-0.3, -0.25) is 14.6 Å². The smallest absolute Gasteiger partial charge is 0.407 e. The van der Waals surface area contributed by atoms with Gasteiger partial charge < -0.3 is 35.6 Å². The summed E-state index contributed by atoms with van der Waals surface area (Å²) in [5.41, 5.74) is 2.71. The summed E-state index contributed by atoms with van der Waals surface area (Å²) < 4.78 is 4.81. The Morgan fingerprint density at radius 2 is 1.55 bits per heavy atom. The molecule has 6 atom stereocenters. The third kappa shape index (κ3) is 11.9. The minimum Gasteiger partial charge on any atom is -0.453 e. The quantitative estimate of drug-likeness (QED) is 0.0975. The Kier molecular flexibility index (Phi) is 15.4. The number of aliphatic hydroxyl groups is 1. The summed E-state index contributed by atoms with van der Waals surface area (Å²) in [6.45, 7) is 10.6. The molecule has 1 saturated heterocycles. The second-order valence-corrected chi connectivity index (χ2v) is 16.9. The SMILES string of the molecule is CCC(C)C(C(=O)NC(Cc1ccccc1)C(O)CC(Cc1ccccc1)NC(=O)C(NC(=O)OC)C(C)(C)C)N1CCN(Cc2csc(-c3ccccn3)n2)C1=O. The fourth-order valence-electron chi connectivity index (χ4n) is 7.22. The van der Waals surface area contributed by atoms with Gasteiger partial charge in [0.25, 0.3) is 0 Å². The maximum absolute atomic E-state index is 14.5. The zero-order valence-corrected chi connectivity index (χ0v) is 35.1. The van der Waals surface area contributed by atoms with Crippen molar-refractivity contribution in [3.8, 4) is 10.7 Å². The number of nitrogens with one attached hydrogen (secondary N) is 3. The molecular weight excluding hydrogens is 755 g/mol. The molecule has 1 aliphatic rings. The molecule has 0 spiro atoms. The third-order valence-electron chi connectivity index (χ3n) is 10.6. The van der Waals surface area contributed by atoms with E-state index in [1.807, 2.05) is 119 Å². The molecule has 6 unspecified atom stereocenters. The molecule has 2 aromatic carbocycles. The Morgan fingerprint density at radius 3 is 2.16 bits per heavy atom. The molecule has 1 aliphatic heterocycles. The molecule has 5 rings (SSSR count). The van der Waals surface area contributed by atoms with Gasteiger partial charge in [0.2, 0.25) is 11.8 Å². The van der Waals surface area contributed by atoms with Crippen molar-refractivity contribution < 1.29 is 29.0 Å². The van der Waals surface area contributed by atoms with E-state index in [-0.39, 0.29) is 24.3 Å². The molecule has 0 aliphatic carbocycles. The van der Waals surface area contributed by atoms with E-state index in [0.717, 1.165) is 27.5 Å². The number of thiazole rings is 1. The zero-order chi connectivity index (χ0) is 41.8. The Morgan fingerprint density at radius 1 is 0.897 bits per heavy atom. The number of carbonyl (C=O) groups is 4. The molecule has 0 saturated carbocycles. The molecule has 5 amide bonds. The normalized spacial score (nSPS) is 16.2. The number of methoxy groups -OCH3 is 1. The van der Waals surface area contributed by atoms with Crippen LogP contribution in [-0.4, -0.2) is 99.3 Å². The van der Waals surface area contributed by atoms with Crippen LogP contribution in [0.3, 0.4) is 0 Å². The van der Waals surface area contributed by atoms with E-state index < -0.39 is 47.7 Å². The van der Waals surface area contributed by atoms with Crippen LogP contribution in [0.2, 0.25) is 0 Å². The lowest BCUT2D eigenvalue weighted by Gasteiger charge is -2.35. The lowest BCUT2D eigenvalue weighted by Crippen LogP contribution is -2.58. The molecule has 0 radical (unpaired) electrons. The van der Waals surface area contributed by atoms with Crippen LogP contribution < -0.4 is 16.0 Å². The number of aliphatic hydroxyl groups excluding tert-OH is 1. The molecule has 4 N–H and O–H groups in total. The van der Waals surface area contributed by atoms with Crippen LogP contribution in [0.15, 0.2) is 90.4 Å². The highest BCUT2D eigenvalue weighted by atomic mass is 32.1. The highest BCUT2D eigenvalue weighted by Crippen LogP contribution is 2.26. The van der Waals surface area contributed by atoms with Gasteiger partial charge in [-0.25, -0.2) is 14.6 Å². The summed E-state index contributed by atoms with van der Waals surface area (Å²) in [6, 6.07) is 21.6. The molecule has 58 heavy (non-hydrogen) atoms. The van der Waals surface area contributed by atoms with E-state index in [4.69, 9.17) is 9.72 Å². The Labute approximate surface area is 345 Å². The van der Waals surface area contributed by atoms with E-state index in [1.54, 1.807) is 16.0 Å². The molecule has 2 aromatic heterocycles. The Balaban J connectivity index is 1.36. The van der Waals surface area contributed by atoms with Gasteiger partial charge in [-0.1, -0.05) is 108 Å². The number of rotatable bonds is 18. The van der Waals surface area contributed by atoms with Crippen LogP contribution in [0, 0.1) is 11.3 Å². The number of alkyl carbamates (subject to hydrolysis) is 1. The molecule has 1 fully saturated rings. The standard InChI is InChI=1S/C44H57N7O6S/c1-7-29(2)37(51-23-22-50(43(51)56)27-33-28-58-41(47-33)34-20-14-15-21-45-34)39(53)48-35(25-31-18-12-9-13-19-31)36(52)26-32(24-30-16-10-8-11-17-30)46-40(54)38(44(3,4)5)49-42(55)57-6/h8-21,28-29,32,35-38,52H,7,22-27H2,1-6H3,(H,46,54)(H,48,53)(H,49,55). The number of nitrogens with zero attached hydrogens (tertiary/aromatic N) is 4. The predicted molar refractivity (Wildman–Crippen MR) is 225 cm³/mol. The van der Waals surface area contributed by atoms with Gasteiger partial charge in [-0.15, -0.1) is 11.3 Å². The number of ether oxygens (including phenoxy) is 1. The number of hydrogen-bond acceptors (Lipinski definition) is 9. The number of hydrogen-bond donors (Lipinski definition) is 4. The number of carbonyl (C=O) groups excluding carboxylic acids is 4. The summed E-state index contributed by atoms with van der Waals surface area (Å²) >= 11 is 1.47. The van der Waals surface area contributed by atoms with Crippen molar-refractivity contribution in [2.24, 2.45) is 11.3 Å². The highest BCUT2D eigenvalue weighted by Gasteiger charge is 2.41. The van der Waals surface area contributed by atoms with Crippen LogP contribution in [0.1, 0.15) is 64.3 Å². The van der Waals surface area contributed by atoms with E-state index in [2.05, 4.69) is 20.9 Å². The molecule has 14 heteroatoms. The lowest BCUT2D eigenvalue weighted by atomic mass is 9.85. The molecule has 310 valence electrons. The Hall–Kier alpha value is -5.34. The van der Waals surface area contributed by atoms with Gasteiger partial charge in [-0.05, 0) is 53.9 Å². The van der Waals surface area contributed by atoms with Crippen molar-refractivity contribution in [2.45, 2.75) is 97.1 Å². The molecule has 4 aromatic rings. The van der Waals surface area contributed by atoms with Gasteiger partial charge in [0.1, 0.15) is 17.1 Å². The summed E-state index contributed by atoms with van der Waals surface area (Å²) in [7, 11) is 1.24. The van der Waals surface area contributed by atoms with Crippen molar-refractivity contribution in [3.05, 3.63) is 107 Å². The van der Waals surface area contributed by atoms with E-state index in [1.165, 1.54) is 18.4 Å². The molecule has 3 heterocycles. The fourth-order valence-corrected chi connectivity index (χ4v) is 8.01. The van der Waals surface area contributed by atoms with E-state index in [0.29, 0.717) is 38.9 Å². The van der Waals surface area contributed by atoms with Crippen LogP contribution in [0.5, 0.6) is 0 Å². The van der Waals surface area contributed by atoms with Crippen molar-refractivity contribution in [3.63, 3.8) is 0 Å². The topological polar surface area (TPSA) is 166 Å². The number of aromatic nitrogens is 2. The van der Waals surface area contributed by atoms with Gasteiger partial charge in [-0.2, -0.15) is 0 Å². The number of pyridine rings is 1. The van der Waals surface area contributed by atoms with Gasteiger partial charge in [0.15, 0.2) is 0 Å². The monoisotopic (exact) mass is 811 g/mol. The number of urea groups is 1. The number of amides is 5. The van der Waals surface area contributed by atoms with Crippen molar-refractivity contribution in [1.29, 1.82) is 0 Å². The van der Waals surface area contributed by atoms with Crippen molar-refractivity contribution >= 4 is 35.3 Å². The lowest BCUT2D eigenvalue weighted by molar-refractivity contribution is -0.129. The van der Waals surface area contributed by atoms with Gasteiger partial charge in [0.05, 0.1) is 37.2 Å². The summed E-state index contributed by atoms with van der Waals surface area (Å²) in [6.07, 6.45) is 1.32. The molecule has 13 nitrogen and oxygen atoms in total. The summed E-state index contributed by atoms with van der Waals surface area (Å²) in [5.74, 6) is -0.959. The summed E-state index contributed by atoms with van der Waals surface area (Å²) in [5, 5.41) is 23.7. The van der Waals surface area contributed by atoms with E-state index >= 15 is 0 Å². The van der Waals surface area contributed by atoms with Crippen LogP contribution in [-0.2, 0) is 33.7 Å². The largest absolute Gasteiger partial charge is 0.453 e. The average molecular weight is 812 g/mol. The highest BCUT2D eigenvalue weighted by molar-refractivity contribution is 7.13. The summed E-state index contributed by atoms with van der Waals surface area (Å²) in [4.78, 5) is 67.1. The first-order valence-corrected chi connectivity index (χ1v) is 20.8. The second kappa shape index (κ2) is 20.4. The maximum atomic E-state index is 14.5. The first-order valence-electron chi connectivity index (χ1n) is 19.9. The minimum atomic E-state index is -1.11. The first kappa shape index (κ1) is 43.8. The van der Waals surface area contributed by atoms with Crippen molar-refractivity contribution in [2.75, 3.05) is 20.2 Å². The number of benzene rings is 2. The van der Waals surface area contributed by atoms with Gasteiger partial charge in [0, 0.05) is 30.7 Å². The molecule has 0 bridgehead atoms. The minimum absolute atomic E-state index is 0.0893. The van der Waals surface area contributed by atoms with Crippen LogP contribution >= 0.6 is 11.3 Å². The first-order chi connectivity index (χ1) is 27.8. The van der Waals surface area contributed by atoms with Crippen LogP contribution in [0.25, 0.3) is 10.7 Å². The van der Waals surface area contributed by atoms with E-state index in [9.17, 15) is 24.3 Å². The van der Waals surface area contributed by atoms with Crippen molar-refractivity contribution in [1.82, 2.24) is 35.7 Å². The van der Waals surface area contributed by atoms with Gasteiger partial charge >= 0.3 is 12.1 Å². The molecular formula is C44H57N7O6S. The van der Waals surface area contributed by atoms with Crippen LogP contribution in [0.4, 0.5) is 9.59 Å². The predicted octanol–water partition coefficient (Wildman–Crippen LogP) is 5.83. The second-order valence-electron chi connectivity index (χ2n) is 16.0. The maximum Gasteiger partial charge on any atom is 0.407 e. The average Bonchev–Trinajstić information content (AvgIpc) is 3.83. The third-order valence-corrected chi connectivity index (χ3v) is 11.5. The fraction of sp³-hybridized carbons (Fsp3) is 0.455. The Bertz CT molecular complexity index is 1940.